The van der Waals surface area contributed by atoms with Crippen molar-refractivity contribution in [2.75, 3.05) is 18.4 Å². The SMILES string of the molecule is Cc1ccc(NC(=S)N2CCC(NC(=O)C(C)(C)C)CC2)c(C)c1. The number of hydrogen-bond donors (Lipinski definition) is 2. The third-order valence-electron chi connectivity index (χ3n) is 4.42. The molecule has 0 spiro atoms. The minimum absolute atomic E-state index is 0.122. The van der Waals surface area contributed by atoms with E-state index in [-0.39, 0.29) is 17.4 Å². The highest BCUT2D eigenvalue weighted by molar-refractivity contribution is 7.80. The monoisotopic (exact) mass is 347 g/mol. The van der Waals surface area contributed by atoms with Gasteiger partial charge >= 0.3 is 0 Å². The van der Waals surface area contributed by atoms with Crippen molar-refractivity contribution in [3.8, 4) is 0 Å². The topological polar surface area (TPSA) is 44.4 Å². The molecule has 0 bridgehead atoms. The van der Waals surface area contributed by atoms with E-state index in [1.54, 1.807) is 0 Å². The summed E-state index contributed by atoms with van der Waals surface area (Å²) in [5.74, 6) is 0.122. The van der Waals surface area contributed by atoms with E-state index in [4.69, 9.17) is 12.2 Å². The molecule has 1 heterocycles. The average molecular weight is 348 g/mol. The van der Waals surface area contributed by atoms with Crippen LogP contribution in [0, 0.1) is 19.3 Å². The number of carbonyl (C=O) groups is 1. The standard InChI is InChI=1S/C19H29N3OS/c1-13-6-7-16(14(2)12-13)21-18(24)22-10-8-15(9-11-22)20-17(23)19(3,4)5/h6-7,12,15H,8-11H2,1-5H3,(H,20,23)(H,21,24). The van der Waals surface area contributed by atoms with Crippen molar-refractivity contribution in [2.45, 2.75) is 53.5 Å². The minimum atomic E-state index is -0.336. The van der Waals surface area contributed by atoms with Crippen LogP contribution in [0.5, 0.6) is 0 Å². The molecular formula is C19H29N3OS. The highest BCUT2D eigenvalue weighted by Gasteiger charge is 2.27. The molecule has 2 N–H and O–H groups in total. The maximum atomic E-state index is 12.1. The summed E-state index contributed by atoms with van der Waals surface area (Å²) in [6.07, 6.45) is 1.85. The van der Waals surface area contributed by atoms with E-state index in [0.29, 0.717) is 0 Å². The molecule has 0 aromatic heterocycles. The number of benzene rings is 1. The first kappa shape index (κ1) is 18.7. The van der Waals surface area contributed by atoms with Gasteiger partial charge in [-0.25, -0.2) is 0 Å². The smallest absolute Gasteiger partial charge is 0.225 e. The summed E-state index contributed by atoms with van der Waals surface area (Å²) in [5, 5.41) is 7.28. The molecule has 0 aliphatic carbocycles. The summed E-state index contributed by atoms with van der Waals surface area (Å²) in [6, 6.07) is 6.57. The largest absolute Gasteiger partial charge is 0.353 e. The van der Waals surface area contributed by atoms with Gasteiger partial charge in [0.1, 0.15) is 0 Å². The molecule has 1 aromatic rings. The molecule has 1 aliphatic heterocycles. The fourth-order valence-electron chi connectivity index (χ4n) is 2.78. The van der Waals surface area contributed by atoms with E-state index >= 15 is 0 Å². The summed E-state index contributed by atoms with van der Waals surface area (Å²) in [4.78, 5) is 14.3. The van der Waals surface area contributed by atoms with Crippen molar-refractivity contribution in [2.24, 2.45) is 5.41 Å². The molecule has 1 amide bonds. The molecule has 0 saturated carbocycles. The maximum Gasteiger partial charge on any atom is 0.225 e. The Hall–Kier alpha value is -1.62. The Labute approximate surface area is 151 Å². The van der Waals surface area contributed by atoms with Crippen LogP contribution >= 0.6 is 12.2 Å². The molecule has 2 rings (SSSR count). The fraction of sp³-hybridized carbons (Fsp3) is 0.579. The van der Waals surface area contributed by atoms with Crippen LogP contribution in [-0.2, 0) is 4.79 Å². The van der Waals surface area contributed by atoms with E-state index in [1.807, 2.05) is 20.8 Å². The van der Waals surface area contributed by atoms with Gasteiger partial charge in [0.2, 0.25) is 5.91 Å². The molecule has 1 aliphatic rings. The highest BCUT2D eigenvalue weighted by atomic mass is 32.1. The molecule has 24 heavy (non-hydrogen) atoms. The molecule has 0 radical (unpaired) electrons. The normalized spacial score (nSPS) is 16.0. The van der Waals surface area contributed by atoms with Crippen LogP contribution in [0.2, 0.25) is 0 Å². The van der Waals surface area contributed by atoms with Gasteiger partial charge in [0.25, 0.3) is 0 Å². The first-order chi connectivity index (χ1) is 11.2. The summed E-state index contributed by atoms with van der Waals surface area (Å²) in [5.41, 5.74) is 3.18. The second-order valence-corrected chi connectivity index (χ2v) is 8.12. The number of amides is 1. The summed E-state index contributed by atoms with van der Waals surface area (Å²) in [7, 11) is 0. The number of hydrogen-bond acceptors (Lipinski definition) is 2. The molecule has 1 fully saturated rings. The van der Waals surface area contributed by atoms with Crippen molar-refractivity contribution in [1.29, 1.82) is 0 Å². The van der Waals surface area contributed by atoms with Crippen molar-refractivity contribution in [3.05, 3.63) is 29.3 Å². The van der Waals surface area contributed by atoms with Crippen LogP contribution in [0.25, 0.3) is 0 Å². The lowest BCUT2D eigenvalue weighted by atomic mass is 9.94. The van der Waals surface area contributed by atoms with E-state index in [9.17, 15) is 4.79 Å². The van der Waals surface area contributed by atoms with Crippen LogP contribution in [0.4, 0.5) is 5.69 Å². The Morgan fingerprint density at radius 1 is 1.21 bits per heavy atom. The van der Waals surface area contributed by atoms with Gasteiger partial charge in [-0.3, -0.25) is 4.79 Å². The van der Waals surface area contributed by atoms with Crippen molar-refractivity contribution in [3.63, 3.8) is 0 Å². The van der Waals surface area contributed by atoms with Gasteiger partial charge in [0.05, 0.1) is 0 Å². The molecular weight excluding hydrogens is 318 g/mol. The highest BCUT2D eigenvalue weighted by Crippen LogP contribution is 2.19. The third kappa shape index (κ3) is 4.94. The lowest BCUT2D eigenvalue weighted by molar-refractivity contribution is -0.129. The number of rotatable bonds is 2. The van der Waals surface area contributed by atoms with Crippen molar-refractivity contribution in [1.82, 2.24) is 10.2 Å². The van der Waals surface area contributed by atoms with E-state index in [0.717, 1.165) is 36.7 Å². The zero-order valence-electron chi connectivity index (χ0n) is 15.4. The van der Waals surface area contributed by atoms with Crippen LogP contribution in [0.3, 0.4) is 0 Å². The number of thiocarbonyl (C=S) groups is 1. The Morgan fingerprint density at radius 3 is 2.38 bits per heavy atom. The third-order valence-corrected chi connectivity index (χ3v) is 4.78. The van der Waals surface area contributed by atoms with E-state index in [1.165, 1.54) is 11.1 Å². The number of nitrogens with zero attached hydrogens (tertiary/aromatic N) is 1. The molecule has 0 atom stereocenters. The van der Waals surface area contributed by atoms with Crippen molar-refractivity contribution < 1.29 is 4.79 Å². The summed E-state index contributed by atoms with van der Waals surface area (Å²) >= 11 is 5.56. The van der Waals surface area contributed by atoms with Gasteiger partial charge < -0.3 is 15.5 Å². The number of nitrogens with one attached hydrogen (secondary N) is 2. The summed E-state index contributed by atoms with van der Waals surface area (Å²) < 4.78 is 0. The molecule has 132 valence electrons. The Morgan fingerprint density at radius 2 is 1.83 bits per heavy atom. The van der Waals surface area contributed by atoms with Crippen LogP contribution < -0.4 is 10.6 Å². The molecule has 1 aromatic carbocycles. The Kier molecular flexibility index (Phi) is 5.86. The quantitative estimate of drug-likeness (QED) is 0.802. The van der Waals surface area contributed by atoms with E-state index in [2.05, 4.69) is 47.6 Å². The molecule has 5 heteroatoms. The zero-order valence-corrected chi connectivity index (χ0v) is 16.2. The second kappa shape index (κ2) is 7.51. The van der Waals surface area contributed by atoms with Gasteiger partial charge in [-0.2, -0.15) is 0 Å². The van der Waals surface area contributed by atoms with Gasteiger partial charge in [-0.1, -0.05) is 38.5 Å². The van der Waals surface area contributed by atoms with E-state index < -0.39 is 0 Å². The van der Waals surface area contributed by atoms with Gasteiger partial charge in [-0.15, -0.1) is 0 Å². The van der Waals surface area contributed by atoms with Crippen LogP contribution in [-0.4, -0.2) is 35.1 Å². The van der Waals surface area contributed by atoms with Crippen LogP contribution in [0.15, 0.2) is 18.2 Å². The second-order valence-electron chi connectivity index (χ2n) is 7.73. The Bertz CT molecular complexity index is 614. The fourth-order valence-corrected chi connectivity index (χ4v) is 3.07. The first-order valence-electron chi connectivity index (χ1n) is 8.61. The number of anilines is 1. The number of aryl methyl sites for hydroxylation is 2. The summed E-state index contributed by atoms with van der Waals surface area (Å²) in [6.45, 7) is 11.7. The molecule has 1 saturated heterocycles. The predicted molar refractivity (Wildman–Crippen MR) is 104 cm³/mol. The lowest BCUT2D eigenvalue weighted by Gasteiger charge is -2.35. The number of carbonyl (C=O) groups excluding carboxylic acids is 1. The van der Waals surface area contributed by atoms with Crippen molar-refractivity contribution >= 4 is 28.9 Å². The maximum absolute atomic E-state index is 12.1. The predicted octanol–water partition coefficient (Wildman–Crippen LogP) is 3.63. The zero-order chi connectivity index (χ0) is 17.9. The van der Waals surface area contributed by atoms with Gasteiger partial charge in [0.15, 0.2) is 5.11 Å². The first-order valence-corrected chi connectivity index (χ1v) is 9.02. The van der Waals surface area contributed by atoms with Gasteiger partial charge in [0, 0.05) is 30.2 Å². The number of piperidine rings is 1. The number of likely N-dealkylation sites (tertiary alicyclic amines) is 1. The van der Waals surface area contributed by atoms with Crippen LogP contribution in [0.1, 0.15) is 44.7 Å². The Balaban J connectivity index is 1.85. The molecule has 4 nitrogen and oxygen atoms in total. The average Bonchev–Trinajstić information content (AvgIpc) is 2.49. The minimum Gasteiger partial charge on any atom is -0.353 e. The molecule has 0 unspecified atom stereocenters. The van der Waals surface area contributed by atoms with Gasteiger partial charge in [-0.05, 0) is 50.5 Å². The lowest BCUT2D eigenvalue weighted by Crippen LogP contribution is -2.49.